The van der Waals surface area contributed by atoms with E-state index in [1.165, 1.54) is 0 Å². The van der Waals surface area contributed by atoms with Gasteiger partial charge >= 0.3 is 0 Å². The summed E-state index contributed by atoms with van der Waals surface area (Å²) >= 11 is 6.10. The Morgan fingerprint density at radius 1 is 1.37 bits per heavy atom. The summed E-state index contributed by atoms with van der Waals surface area (Å²) in [6, 6.07) is 3.91. The summed E-state index contributed by atoms with van der Waals surface area (Å²) in [5.41, 5.74) is 1.88. The third-order valence-electron chi connectivity index (χ3n) is 3.04. The minimum Gasteiger partial charge on any atom is -0.387 e. The molecule has 2 rings (SSSR count). The molecule has 0 radical (unpaired) electrons. The predicted molar refractivity (Wildman–Crippen MR) is 75.0 cm³/mol. The highest BCUT2D eigenvalue weighted by atomic mass is 35.5. The third kappa shape index (κ3) is 3.55. The van der Waals surface area contributed by atoms with Crippen molar-refractivity contribution in [3.63, 3.8) is 0 Å². The smallest absolute Gasteiger partial charge is 0.0975 e. The number of hydrogen-bond donors (Lipinski definition) is 1. The first-order chi connectivity index (χ1) is 9.22. The Hall–Kier alpha value is -1.39. The molecule has 0 fully saturated rings. The summed E-state index contributed by atoms with van der Waals surface area (Å²) in [6.45, 7) is 2.84. The lowest BCUT2D eigenvalue weighted by Gasteiger charge is -2.13. The van der Waals surface area contributed by atoms with Gasteiger partial charge in [-0.05, 0) is 37.0 Å². The predicted octanol–water partition coefficient (Wildman–Crippen LogP) is 3.01. The Bertz CT molecular complexity index is 513. The zero-order valence-corrected chi connectivity index (χ0v) is 11.7. The van der Waals surface area contributed by atoms with E-state index in [1.807, 2.05) is 12.1 Å². The van der Waals surface area contributed by atoms with Gasteiger partial charge in [-0.2, -0.15) is 5.10 Å². The van der Waals surface area contributed by atoms with Crippen molar-refractivity contribution < 1.29 is 5.11 Å². The van der Waals surface area contributed by atoms with Crippen LogP contribution in [0.25, 0.3) is 0 Å². The van der Waals surface area contributed by atoms with Crippen LogP contribution < -0.4 is 0 Å². The van der Waals surface area contributed by atoms with Crippen molar-refractivity contribution in [2.45, 2.75) is 38.8 Å². The number of aliphatic hydroxyl groups is 1. The van der Waals surface area contributed by atoms with Crippen LogP contribution in [-0.4, -0.2) is 19.9 Å². The van der Waals surface area contributed by atoms with Crippen molar-refractivity contribution in [2.75, 3.05) is 0 Å². The minimum absolute atomic E-state index is 0.538. The fourth-order valence-electron chi connectivity index (χ4n) is 2.08. The van der Waals surface area contributed by atoms with Crippen molar-refractivity contribution in [3.8, 4) is 0 Å². The molecule has 1 atom stereocenters. The fraction of sp³-hybridized carbons (Fsp3) is 0.429. The van der Waals surface area contributed by atoms with Gasteiger partial charge in [0.25, 0.3) is 0 Å². The summed E-state index contributed by atoms with van der Waals surface area (Å²) < 4.78 is 1.79. The average molecular weight is 280 g/mol. The number of aliphatic hydroxyl groups excluding tert-OH is 1. The van der Waals surface area contributed by atoms with E-state index < -0.39 is 6.10 Å². The molecule has 0 aliphatic carbocycles. The Labute approximate surface area is 118 Å². The highest BCUT2D eigenvalue weighted by Crippen LogP contribution is 2.26. The highest BCUT2D eigenvalue weighted by Gasteiger charge is 2.17. The SMILES string of the molecule is CCCn1ncc(Cl)c1C(O)CCc1ccncc1. The first kappa shape index (κ1) is 14.0. The van der Waals surface area contributed by atoms with Crippen molar-refractivity contribution in [1.82, 2.24) is 14.8 Å². The summed E-state index contributed by atoms with van der Waals surface area (Å²) in [4.78, 5) is 3.98. The van der Waals surface area contributed by atoms with Gasteiger partial charge in [0.05, 0.1) is 23.0 Å². The lowest BCUT2D eigenvalue weighted by Crippen LogP contribution is -2.10. The van der Waals surface area contributed by atoms with E-state index in [0.29, 0.717) is 11.4 Å². The molecule has 0 saturated heterocycles. The third-order valence-corrected chi connectivity index (χ3v) is 3.33. The lowest BCUT2D eigenvalue weighted by atomic mass is 10.1. The Morgan fingerprint density at radius 3 is 2.79 bits per heavy atom. The average Bonchev–Trinajstić information content (AvgIpc) is 2.79. The lowest BCUT2D eigenvalue weighted by molar-refractivity contribution is 0.156. The number of pyridine rings is 1. The number of hydrogen-bond acceptors (Lipinski definition) is 3. The maximum atomic E-state index is 10.3. The van der Waals surface area contributed by atoms with Gasteiger partial charge in [0, 0.05) is 18.9 Å². The van der Waals surface area contributed by atoms with Crippen LogP contribution >= 0.6 is 11.6 Å². The molecule has 4 nitrogen and oxygen atoms in total. The van der Waals surface area contributed by atoms with Gasteiger partial charge in [-0.25, -0.2) is 0 Å². The molecule has 19 heavy (non-hydrogen) atoms. The minimum atomic E-state index is -0.588. The van der Waals surface area contributed by atoms with Gasteiger partial charge in [-0.15, -0.1) is 0 Å². The van der Waals surface area contributed by atoms with Gasteiger partial charge in [0.1, 0.15) is 0 Å². The molecular formula is C14H18ClN3O. The normalized spacial score (nSPS) is 12.6. The molecule has 5 heteroatoms. The summed E-state index contributed by atoms with van der Waals surface area (Å²) in [5.74, 6) is 0. The largest absolute Gasteiger partial charge is 0.387 e. The van der Waals surface area contributed by atoms with Crippen molar-refractivity contribution >= 4 is 11.6 Å². The summed E-state index contributed by atoms with van der Waals surface area (Å²) in [6.07, 6.45) is 6.90. The Kier molecular flexibility index (Phi) is 4.93. The van der Waals surface area contributed by atoms with Crippen LogP contribution in [0.1, 0.15) is 37.1 Å². The molecule has 2 aromatic heterocycles. The number of halogens is 1. The molecule has 0 spiro atoms. The second-order valence-corrected chi connectivity index (χ2v) is 4.92. The second-order valence-electron chi connectivity index (χ2n) is 4.51. The van der Waals surface area contributed by atoms with Crippen LogP contribution in [0.4, 0.5) is 0 Å². The molecule has 0 amide bonds. The quantitative estimate of drug-likeness (QED) is 0.884. The molecule has 0 aliphatic heterocycles. The maximum absolute atomic E-state index is 10.3. The molecule has 1 N–H and O–H groups in total. The van der Waals surface area contributed by atoms with Gasteiger partial charge in [-0.3, -0.25) is 9.67 Å². The van der Waals surface area contributed by atoms with E-state index in [-0.39, 0.29) is 0 Å². The molecule has 1 unspecified atom stereocenters. The van der Waals surface area contributed by atoms with Crippen LogP contribution in [0.2, 0.25) is 5.02 Å². The fourth-order valence-corrected chi connectivity index (χ4v) is 2.35. The van der Waals surface area contributed by atoms with E-state index in [1.54, 1.807) is 23.3 Å². The summed E-state index contributed by atoms with van der Waals surface area (Å²) in [5, 5.41) is 15.0. The number of nitrogens with zero attached hydrogens (tertiary/aromatic N) is 3. The maximum Gasteiger partial charge on any atom is 0.0975 e. The monoisotopic (exact) mass is 279 g/mol. The van der Waals surface area contributed by atoms with E-state index in [0.717, 1.165) is 30.6 Å². The van der Waals surface area contributed by atoms with Crippen LogP contribution in [0, 0.1) is 0 Å². The highest BCUT2D eigenvalue weighted by molar-refractivity contribution is 6.31. The first-order valence-corrected chi connectivity index (χ1v) is 6.88. The van der Waals surface area contributed by atoms with Crippen molar-refractivity contribution in [1.29, 1.82) is 0 Å². The molecular weight excluding hydrogens is 262 g/mol. The molecule has 2 heterocycles. The van der Waals surface area contributed by atoms with Crippen molar-refractivity contribution in [3.05, 3.63) is 47.0 Å². The summed E-state index contributed by atoms with van der Waals surface area (Å²) in [7, 11) is 0. The molecule has 0 bridgehead atoms. The Morgan fingerprint density at radius 2 is 2.11 bits per heavy atom. The molecule has 0 aliphatic rings. The van der Waals surface area contributed by atoms with Crippen LogP contribution in [0.15, 0.2) is 30.7 Å². The van der Waals surface area contributed by atoms with Gasteiger partial charge in [-0.1, -0.05) is 18.5 Å². The molecule has 102 valence electrons. The van der Waals surface area contributed by atoms with Gasteiger partial charge < -0.3 is 5.11 Å². The van der Waals surface area contributed by atoms with Crippen LogP contribution in [-0.2, 0) is 13.0 Å². The zero-order valence-electron chi connectivity index (χ0n) is 11.0. The molecule has 0 saturated carbocycles. The zero-order chi connectivity index (χ0) is 13.7. The second kappa shape index (κ2) is 6.68. The van der Waals surface area contributed by atoms with Gasteiger partial charge in [0.2, 0.25) is 0 Å². The van der Waals surface area contributed by atoms with Crippen LogP contribution in [0.3, 0.4) is 0 Å². The molecule has 2 aromatic rings. The standard InChI is InChI=1S/C14H18ClN3O/c1-2-9-18-14(12(15)10-17-18)13(19)4-3-11-5-7-16-8-6-11/h5-8,10,13,19H,2-4,9H2,1H3. The van der Waals surface area contributed by atoms with E-state index >= 15 is 0 Å². The number of aromatic nitrogens is 3. The number of aryl methyl sites for hydroxylation is 2. The van der Waals surface area contributed by atoms with Gasteiger partial charge in [0.15, 0.2) is 0 Å². The van der Waals surface area contributed by atoms with Crippen molar-refractivity contribution in [2.24, 2.45) is 0 Å². The van der Waals surface area contributed by atoms with E-state index in [4.69, 9.17) is 11.6 Å². The van der Waals surface area contributed by atoms with Crippen LogP contribution in [0.5, 0.6) is 0 Å². The Balaban J connectivity index is 2.03. The van der Waals surface area contributed by atoms with E-state index in [9.17, 15) is 5.11 Å². The topological polar surface area (TPSA) is 50.9 Å². The molecule has 0 aromatic carbocycles. The first-order valence-electron chi connectivity index (χ1n) is 6.50. The number of rotatable bonds is 6. The van der Waals surface area contributed by atoms with E-state index in [2.05, 4.69) is 17.0 Å².